The number of amides is 1. The van der Waals surface area contributed by atoms with Crippen molar-refractivity contribution in [3.05, 3.63) is 101 Å². The van der Waals surface area contributed by atoms with Crippen molar-refractivity contribution in [1.29, 1.82) is 0 Å². The Morgan fingerprint density at radius 3 is 2.13 bits per heavy atom. The monoisotopic (exact) mass is 399 g/mol. The summed E-state index contributed by atoms with van der Waals surface area (Å²) in [4.78, 5) is 13.8. The lowest BCUT2D eigenvalue weighted by Gasteiger charge is -2.08. The first kappa shape index (κ1) is 23.2. The fourth-order valence-electron chi connectivity index (χ4n) is 3.53. The summed E-state index contributed by atoms with van der Waals surface area (Å²) in [5.74, 6) is 0.134. The molecule has 1 heterocycles. The molecule has 0 bridgehead atoms. The molecule has 0 radical (unpaired) electrons. The van der Waals surface area contributed by atoms with Crippen LogP contribution < -0.4 is 0 Å². The number of likely N-dealkylation sites (tertiary alicyclic amines) is 1. The Labute approximate surface area is 181 Å². The predicted octanol–water partition coefficient (Wildman–Crippen LogP) is 7.09. The minimum absolute atomic E-state index is 0. The summed E-state index contributed by atoms with van der Waals surface area (Å²) in [5, 5.41) is 2.40. The van der Waals surface area contributed by atoms with Crippen LogP contribution >= 0.6 is 0 Å². The molecular weight excluding hydrogens is 366 g/mol. The molecule has 4 rings (SSSR count). The fraction of sp³-hybridized carbons (Fsp3) is 0.250. The third kappa shape index (κ3) is 4.88. The van der Waals surface area contributed by atoms with E-state index >= 15 is 0 Å². The molecule has 1 fully saturated rings. The van der Waals surface area contributed by atoms with Crippen molar-refractivity contribution in [2.45, 2.75) is 35.1 Å². The molecule has 1 unspecified atom stereocenters. The van der Waals surface area contributed by atoms with Gasteiger partial charge in [-0.15, -0.1) is 0 Å². The van der Waals surface area contributed by atoms with E-state index in [1.807, 2.05) is 25.1 Å². The second-order valence-electron chi connectivity index (χ2n) is 7.87. The number of carbonyl (C=O) groups excluding carboxylic acids is 1. The quantitative estimate of drug-likeness (QED) is 0.400. The molecule has 156 valence electrons. The number of likely N-dealkylation sites (N-methyl/N-ethyl adjacent to an activating group) is 1. The third-order valence-electron chi connectivity index (χ3n) is 5.71. The number of allylic oxidation sites excluding steroid dienone is 1. The Morgan fingerprint density at radius 2 is 1.57 bits per heavy atom. The normalized spacial score (nSPS) is 17.0. The van der Waals surface area contributed by atoms with E-state index in [2.05, 4.69) is 75.9 Å². The first-order valence-electron chi connectivity index (χ1n) is 9.99. The van der Waals surface area contributed by atoms with Crippen molar-refractivity contribution in [3.63, 3.8) is 0 Å². The van der Waals surface area contributed by atoms with Crippen molar-refractivity contribution >= 4 is 22.8 Å². The summed E-state index contributed by atoms with van der Waals surface area (Å²) >= 11 is 0. The molecule has 1 atom stereocenters. The van der Waals surface area contributed by atoms with E-state index in [-0.39, 0.29) is 19.3 Å². The summed E-state index contributed by atoms with van der Waals surface area (Å²) in [5.41, 5.74) is 6.84. The minimum atomic E-state index is 0. The lowest BCUT2D eigenvalue weighted by atomic mass is 9.98. The molecule has 2 heteroatoms. The highest BCUT2D eigenvalue weighted by atomic mass is 16.2. The average molecular weight is 400 g/mol. The number of benzene rings is 3. The van der Waals surface area contributed by atoms with Crippen LogP contribution in [-0.4, -0.2) is 17.9 Å². The van der Waals surface area contributed by atoms with Gasteiger partial charge in [0.2, 0.25) is 0 Å². The van der Waals surface area contributed by atoms with Gasteiger partial charge in [-0.05, 0) is 60.4 Å². The Morgan fingerprint density at radius 1 is 0.900 bits per heavy atom. The van der Waals surface area contributed by atoms with Crippen molar-refractivity contribution in [3.8, 4) is 0 Å². The highest BCUT2D eigenvalue weighted by Gasteiger charge is 2.33. The van der Waals surface area contributed by atoms with Crippen LogP contribution in [0.3, 0.4) is 0 Å². The molecule has 1 aliphatic heterocycles. The summed E-state index contributed by atoms with van der Waals surface area (Å²) in [6.07, 6.45) is 1.98. The lowest BCUT2D eigenvalue weighted by Crippen LogP contribution is -2.17. The van der Waals surface area contributed by atoms with E-state index in [1.54, 1.807) is 11.9 Å². The second kappa shape index (κ2) is 9.58. The van der Waals surface area contributed by atoms with Gasteiger partial charge >= 0.3 is 0 Å². The largest absolute Gasteiger partial charge is 0.315 e. The van der Waals surface area contributed by atoms with Gasteiger partial charge < -0.3 is 4.90 Å². The van der Waals surface area contributed by atoms with Crippen LogP contribution in [0.25, 0.3) is 16.8 Å². The van der Waals surface area contributed by atoms with E-state index in [4.69, 9.17) is 0 Å². The van der Waals surface area contributed by atoms with Crippen LogP contribution in [0, 0.1) is 26.7 Å². The molecule has 2 nitrogen and oxygen atoms in total. The maximum atomic E-state index is 12.2. The predicted molar refractivity (Wildman–Crippen MR) is 130 cm³/mol. The van der Waals surface area contributed by atoms with Crippen molar-refractivity contribution in [2.24, 2.45) is 5.92 Å². The standard InChI is InChI=1S/C18H17NO.C9H12.CH4/c1-12-13(2)19(3)18(20)17(12)11-14-8-9-15-6-4-5-7-16(15)10-14;1-7-4-5-8(2)9(3)6-7;/h4-12H,2H2,1,3H3;4-6H,1-3H3;1H4/b17-11-;;. The zero-order valence-electron chi connectivity index (χ0n) is 18.0. The number of nitrogens with zero attached hydrogens (tertiary/aromatic N) is 1. The molecule has 0 spiro atoms. The fourth-order valence-corrected chi connectivity index (χ4v) is 3.53. The van der Waals surface area contributed by atoms with Crippen LogP contribution in [0.5, 0.6) is 0 Å². The third-order valence-corrected chi connectivity index (χ3v) is 5.71. The van der Waals surface area contributed by atoms with Crippen molar-refractivity contribution < 1.29 is 4.79 Å². The van der Waals surface area contributed by atoms with Gasteiger partial charge in [0.25, 0.3) is 5.91 Å². The van der Waals surface area contributed by atoms with E-state index in [1.165, 1.54) is 27.5 Å². The summed E-state index contributed by atoms with van der Waals surface area (Å²) < 4.78 is 0. The van der Waals surface area contributed by atoms with Gasteiger partial charge in [0.1, 0.15) is 0 Å². The van der Waals surface area contributed by atoms with Gasteiger partial charge in [0.15, 0.2) is 0 Å². The molecule has 0 aliphatic carbocycles. The van der Waals surface area contributed by atoms with E-state index in [0.717, 1.165) is 16.8 Å². The van der Waals surface area contributed by atoms with Crippen LogP contribution in [0.4, 0.5) is 0 Å². The van der Waals surface area contributed by atoms with Crippen LogP contribution in [-0.2, 0) is 4.79 Å². The van der Waals surface area contributed by atoms with Crippen LogP contribution in [0.2, 0.25) is 0 Å². The van der Waals surface area contributed by atoms with Crippen LogP contribution in [0.1, 0.15) is 36.6 Å². The van der Waals surface area contributed by atoms with Gasteiger partial charge in [-0.3, -0.25) is 4.79 Å². The SMILES string of the molecule is C.C=C1C(C)/C(=C/c2ccc3ccccc3c2)C(=O)N1C.Cc1ccc(C)c(C)c1. The highest BCUT2D eigenvalue weighted by Crippen LogP contribution is 2.32. The molecule has 30 heavy (non-hydrogen) atoms. The van der Waals surface area contributed by atoms with Gasteiger partial charge in [-0.1, -0.05) is 81.1 Å². The van der Waals surface area contributed by atoms with Gasteiger partial charge in [0, 0.05) is 24.2 Å². The zero-order valence-corrected chi connectivity index (χ0v) is 18.0. The number of aryl methyl sites for hydroxylation is 3. The molecule has 1 aliphatic rings. The Balaban J connectivity index is 0.000000272. The van der Waals surface area contributed by atoms with E-state index in [0.29, 0.717) is 0 Å². The lowest BCUT2D eigenvalue weighted by molar-refractivity contribution is -0.122. The Hall–Kier alpha value is -3.13. The number of rotatable bonds is 1. The Kier molecular flexibility index (Phi) is 7.39. The summed E-state index contributed by atoms with van der Waals surface area (Å²) in [6.45, 7) is 12.4. The molecule has 1 saturated heterocycles. The van der Waals surface area contributed by atoms with Crippen molar-refractivity contribution in [2.75, 3.05) is 7.05 Å². The number of carbonyl (C=O) groups is 1. The van der Waals surface area contributed by atoms with E-state index < -0.39 is 0 Å². The maximum absolute atomic E-state index is 12.2. The smallest absolute Gasteiger partial charge is 0.254 e. The number of fused-ring (bicyclic) bond motifs is 1. The number of hydrogen-bond acceptors (Lipinski definition) is 1. The van der Waals surface area contributed by atoms with Gasteiger partial charge in [-0.25, -0.2) is 0 Å². The first-order chi connectivity index (χ1) is 13.8. The second-order valence-corrected chi connectivity index (χ2v) is 7.87. The number of hydrogen-bond donors (Lipinski definition) is 0. The molecule has 0 N–H and O–H groups in total. The molecular formula is C28H33NO. The van der Waals surface area contributed by atoms with E-state index in [9.17, 15) is 4.79 Å². The van der Waals surface area contributed by atoms with Crippen LogP contribution in [0.15, 0.2) is 78.5 Å². The minimum Gasteiger partial charge on any atom is -0.315 e. The summed E-state index contributed by atoms with van der Waals surface area (Å²) in [7, 11) is 1.78. The molecule has 3 aromatic rings. The first-order valence-corrected chi connectivity index (χ1v) is 9.99. The highest BCUT2D eigenvalue weighted by molar-refractivity contribution is 6.03. The van der Waals surface area contributed by atoms with Gasteiger partial charge in [-0.2, -0.15) is 0 Å². The summed E-state index contributed by atoms with van der Waals surface area (Å²) in [6, 6.07) is 21.0. The molecule has 3 aromatic carbocycles. The topological polar surface area (TPSA) is 20.3 Å². The molecule has 1 amide bonds. The molecule has 0 saturated carbocycles. The Bertz CT molecular complexity index is 1110. The van der Waals surface area contributed by atoms with Gasteiger partial charge in [0.05, 0.1) is 0 Å². The molecule has 0 aromatic heterocycles. The maximum Gasteiger partial charge on any atom is 0.254 e. The van der Waals surface area contributed by atoms with Crippen molar-refractivity contribution in [1.82, 2.24) is 4.90 Å². The zero-order chi connectivity index (χ0) is 21.1. The average Bonchev–Trinajstić information content (AvgIpc) is 2.89.